The van der Waals surface area contributed by atoms with Crippen LogP contribution < -0.4 is 10.2 Å². The number of aryl methyl sites for hydroxylation is 2. The van der Waals surface area contributed by atoms with Gasteiger partial charge in [-0.25, -0.2) is 9.69 Å². The highest BCUT2D eigenvalue weighted by Gasteiger charge is 2.37. The summed E-state index contributed by atoms with van der Waals surface area (Å²) in [6, 6.07) is 7.42. The van der Waals surface area contributed by atoms with Crippen LogP contribution in [-0.4, -0.2) is 23.0 Å². The number of urea groups is 1. The van der Waals surface area contributed by atoms with Gasteiger partial charge in [0.05, 0.1) is 9.26 Å². The van der Waals surface area contributed by atoms with Gasteiger partial charge < -0.3 is 5.11 Å². The van der Waals surface area contributed by atoms with Gasteiger partial charge in [0.1, 0.15) is 11.3 Å². The van der Waals surface area contributed by atoms with Gasteiger partial charge in [-0.1, -0.05) is 17.7 Å². The number of hydrogen-bond acceptors (Lipinski definition) is 4. The molecule has 0 bridgehead atoms. The van der Waals surface area contributed by atoms with Gasteiger partial charge in [-0.05, 0) is 77.9 Å². The first-order chi connectivity index (χ1) is 12.7. The Kier molecular flexibility index (Phi) is 5.25. The van der Waals surface area contributed by atoms with Crippen LogP contribution in [0.15, 0.2) is 35.9 Å². The van der Waals surface area contributed by atoms with Gasteiger partial charge >= 0.3 is 6.03 Å². The Balaban J connectivity index is 2.10. The molecule has 1 saturated heterocycles. The van der Waals surface area contributed by atoms with E-state index in [4.69, 9.17) is 11.6 Å². The van der Waals surface area contributed by atoms with Crippen molar-refractivity contribution in [3.8, 4) is 5.75 Å². The van der Waals surface area contributed by atoms with Crippen LogP contribution in [-0.2, 0) is 9.59 Å². The normalized spacial score (nSPS) is 16.1. The van der Waals surface area contributed by atoms with E-state index in [1.165, 1.54) is 12.1 Å². The average molecular weight is 497 g/mol. The van der Waals surface area contributed by atoms with E-state index in [0.29, 0.717) is 14.3 Å². The molecule has 1 aliphatic heterocycles. The van der Waals surface area contributed by atoms with Gasteiger partial charge in [0.15, 0.2) is 0 Å². The highest BCUT2D eigenvalue weighted by atomic mass is 127. The van der Waals surface area contributed by atoms with Gasteiger partial charge in [0.2, 0.25) is 0 Å². The third-order valence-electron chi connectivity index (χ3n) is 3.92. The Morgan fingerprint density at radius 3 is 2.33 bits per heavy atom. The zero-order chi connectivity index (χ0) is 19.9. The number of nitrogens with zero attached hydrogens (tertiary/aromatic N) is 1. The summed E-state index contributed by atoms with van der Waals surface area (Å²) in [7, 11) is 0. The van der Waals surface area contributed by atoms with Crippen molar-refractivity contribution in [2.45, 2.75) is 13.8 Å². The molecule has 0 aliphatic carbocycles. The molecule has 0 saturated carbocycles. The van der Waals surface area contributed by atoms with Crippen molar-refractivity contribution in [3.05, 3.63) is 61.2 Å². The van der Waals surface area contributed by atoms with Crippen molar-refractivity contribution in [3.63, 3.8) is 0 Å². The Labute approximate surface area is 174 Å². The third kappa shape index (κ3) is 3.84. The lowest BCUT2D eigenvalue weighted by molar-refractivity contribution is -0.122. The van der Waals surface area contributed by atoms with E-state index in [0.717, 1.165) is 16.0 Å². The minimum Gasteiger partial charge on any atom is -0.506 e. The van der Waals surface area contributed by atoms with E-state index in [2.05, 4.69) is 5.32 Å². The molecule has 4 amide bonds. The molecule has 8 heteroatoms. The van der Waals surface area contributed by atoms with Crippen LogP contribution in [0.2, 0.25) is 5.02 Å². The maximum atomic E-state index is 12.9. The Hall–Kier alpha value is -2.39. The fourth-order valence-electron chi connectivity index (χ4n) is 2.82. The summed E-state index contributed by atoms with van der Waals surface area (Å²) >= 11 is 7.89. The molecule has 2 aromatic carbocycles. The monoisotopic (exact) mass is 496 g/mol. The van der Waals surface area contributed by atoms with E-state index in [1.54, 1.807) is 18.2 Å². The molecule has 6 nitrogen and oxygen atoms in total. The molecular formula is C19H14ClIN2O4. The van der Waals surface area contributed by atoms with Crippen molar-refractivity contribution in [2.75, 3.05) is 4.90 Å². The highest BCUT2D eigenvalue weighted by molar-refractivity contribution is 14.1. The third-order valence-corrected chi connectivity index (χ3v) is 4.96. The molecule has 0 atom stereocenters. The minimum absolute atomic E-state index is 0.108. The molecule has 1 heterocycles. The number of phenols is 1. The molecule has 1 fully saturated rings. The Morgan fingerprint density at radius 2 is 1.70 bits per heavy atom. The molecule has 3 rings (SSSR count). The van der Waals surface area contributed by atoms with Crippen LogP contribution in [0.25, 0.3) is 6.08 Å². The number of rotatable bonds is 2. The van der Waals surface area contributed by atoms with Gasteiger partial charge in [-0.2, -0.15) is 0 Å². The molecule has 0 unspecified atom stereocenters. The number of anilines is 1. The fraction of sp³-hybridized carbons (Fsp3) is 0.105. The minimum atomic E-state index is -0.833. The van der Waals surface area contributed by atoms with E-state index < -0.39 is 17.8 Å². The molecule has 2 aromatic rings. The second-order valence-electron chi connectivity index (χ2n) is 6.13. The maximum Gasteiger partial charge on any atom is 0.335 e. The van der Waals surface area contributed by atoms with Crippen LogP contribution >= 0.6 is 34.2 Å². The van der Waals surface area contributed by atoms with Crippen molar-refractivity contribution in [1.29, 1.82) is 0 Å². The predicted octanol–water partition coefficient (Wildman–Crippen LogP) is 3.93. The number of hydrogen-bond donors (Lipinski definition) is 2. The molecule has 1 aliphatic rings. The van der Waals surface area contributed by atoms with Crippen molar-refractivity contribution >= 4 is 63.8 Å². The van der Waals surface area contributed by atoms with Crippen molar-refractivity contribution in [2.24, 2.45) is 0 Å². The average Bonchev–Trinajstić information content (AvgIpc) is 2.54. The van der Waals surface area contributed by atoms with Gasteiger partial charge in [0.25, 0.3) is 11.8 Å². The lowest BCUT2D eigenvalue weighted by Gasteiger charge is -2.27. The number of halogens is 2. The van der Waals surface area contributed by atoms with Crippen LogP contribution in [0.3, 0.4) is 0 Å². The summed E-state index contributed by atoms with van der Waals surface area (Å²) in [5.41, 5.74) is 2.03. The van der Waals surface area contributed by atoms with Gasteiger partial charge in [-0.3, -0.25) is 14.9 Å². The summed E-state index contributed by atoms with van der Waals surface area (Å²) in [4.78, 5) is 38.3. The summed E-state index contributed by atoms with van der Waals surface area (Å²) in [5.74, 6) is -1.72. The number of barbiturate groups is 1. The van der Waals surface area contributed by atoms with Crippen LogP contribution in [0.4, 0.5) is 10.5 Å². The van der Waals surface area contributed by atoms with E-state index >= 15 is 0 Å². The smallest absolute Gasteiger partial charge is 0.335 e. The summed E-state index contributed by atoms with van der Waals surface area (Å²) in [5, 5.41) is 12.7. The maximum absolute atomic E-state index is 12.9. The predicted molar refractivity (Wildman–Crippen MR) is 111 cm³/mol. The van der Waals surface area contributed by atoms with Gasteiger partial charge in [-0.15, -0.1) is 0 Å². The number of carbonyl (C=O) groups is 3. The Morgan fingerprint density at radius 1 is 1.07 bits per heavy atom. The zero-order valence-electron chi connectivity index (χ0n) is 14.3. The first-order valence-corrected chi connectivity index (χ1v) is 9.31. The number of benzene rings is 2. The second-order valence-corrected chi connectivity index (χ2v) is 7.73. The molecule has 2 N–H and O–H groups in total. The lowest BCUT2D eigenvalue weighted by atomic mass is 10.0. The number of aromatic hydroxyl groups is 1. The second kappa shape index (κ2) is 7.32. The van der Waals surface area contributed by atoms with Gasteiger partial charge in [0, 0.05) is 10.6 Å². The van der Waals surface area contributed by atoms with E-state index in [1.807, 2.05) is 42.5 Å². The first-order valence-electron chi connectivity index (χ1n) is 7.85. The van der Waals surface area contributed by atoms with E-state index in [9.17, 15) is 19.5 Å². The molecule has 27 heavy (non-hydrogen) atoms. The molecule has 138 valence electrons. The standard InChI is InChI=1S/C19H14ClIN2O4/c1-9-3-10(2)5-13(4-9)23-18(26)14(17(25)22-19(23)27)7-11-6-12(20)8-15(21)16(11)24/h3-8,24H,1-2H3,(H,22,25,27)/b14-7+. The van der Waals surface area contributed by atoms with Crippen molar-refractivity contribution in [1.82, 2.24) is 5.32 Å². The molecule has 0 radical (unpaired) electrons. The Bertz CT molecular complexity index is 1010. The number of nitrogens with one attached hydrogen (secondary N) is 1. The largest absolute Gasteiger partial charge is 0.506 e. The van der Waals surface area contributed by atoms with E-state index in [-0.39, 0.29) is 16.9 Å². The van der Waals surface area contributed by atoms with Crippen LogP contribution in [0.1, 0.15) is 16.7 Å². The quantitative estimate of drug-likeness (QED) is 0.375. The van der Waals surface area contributed by atoms with Crippen molar-refractivity contribution < 1.29 is 19.5 Å². The highest BCUT2D eigenvalue weighted by Crippen LogP contribution is 2.31. The van der Waals surface area contributed by atoms with Crippen LogP contribution in [0.5, 0.6) is 5.75 Å². The first kappa shape index (κ1) is 19.4. The molecular weight excluding hydrogens is 483 g/mol. The molecule has 0 aromatic heterocycles. The van der Waals surface area contributed by atoms with Crippen LogP contribution in [0, 0.1) is 17.4 Å². The topological polar surface area (TPSA) is 86.7 Å². The SMILES string of the molecule is Cc1cc(C)cc(N2C(=O)NC(=O)/C(=C\c3cc(Cl)cc(I)c3O)C2=O)c1. The zero-order valence-corrected chi connectivity index (χ0v) is 17.3. The molecule has 0 spiro atoms. The number of carbonyl (C=O) groups excluding carboxylic acids is 3. The summed E-state index contributed by atoms with van der Waals surface area (Å²) in [6.45, 7) is 3.69. The summed E-state index contributed by atoms with van der Waals surface area (Å²) < 4.78 is 0.470. The number of amides is 4. The summed E-state index contributed by atoms with van der Waals surface area (Å²) in [6.07, 6.45) is 1.23. The fourth-order valence-corrected chi connectivity index (χ4v) is 3.88. The lowest BCUT2D eigenvalue weighted by Crippen LogP contribution is -2.54. The number of imide groups is 2. The number of phenolic OH excluding ortho intramolecular Hbond substituents is 1.